The van der Waals surface area contributed by atoms with Crippen molar-refractivity contribution in [2.75, 3.05) is 0 Å². The summed E-state index contributed by atoms with van der Waals surface area (Å²) in [6.07, 6.45) is -0.114. The molecule has 0 unspecified atom stereocenters. The van der Waals surface area contributed by atoms with E-state index >= 15 is 0 Å². The number of benzene rings is 3. The van der Waals surface area contributed by atoms with Gasteiger partial charge in [0.25, 0.3) is 6.23 Å². The third-order valence-corrected chi connectivity index (χ3v) is 5.65. The fraction of sp³-hybridized carbons (Fsp3) is 0.167. The molecular weight excluding hydrogens is 384 g/mol. The van der Waals surface area contributed by atoms with Crippen LogP contribution in [-0.4, -0.2) is 22.7 Å². The van der Waals surface area contributed by atoms with Gasteiger partial charge in [0.2, 0.25) is 5.78 Å². The van der Waals surface area contributed by atoms with Crippen LogP contribution in [0.25, 0.3) is 0 Å². The van der Waals surface area contributed by atoms with E-state index in [0.717, 1.165) is 16.8 Å². The average Bonchev–Trinajstić information content (AvgIpc) is 3.20. The molecule has 4 nitrogen and oxygen atoms in total. The Morgan fingerprint density at radius 3 is 2.59 bits per heavy atom. The van der Waals surface area contributed by atoms with Gasteiger partial charge in [0, 0.05) is 22.6 Å². The number of hydrogen-bond acceptors (Lipinski definition) is 4. The van der Waals surface area contributed by atoms with Crippen LogP contribution in [0, 0.1) is 6.92 Å². The van der Waals surface area contributed by atoms with Crippen LogP contribution in [0.1, 0.15) is 39.5 Å². The van der Waals surface area contributed by atoms with E-state index in [0.29, 0.717) is 22.8 Å². The summed E-state index contributed by atoms with van der Waals surface area (Å²) in [7, 11) is 0. The van der Waals surface area contributed by atoms with Crippen LogP contribution in [0.4, 0.5) is 0 Å². The number of aryl methyl sites for hydroxylation is 1. The minimum absolute atomic E-state index is 0.0913. The molecule has 2 aliphatic heterocycles. The van der Waals surface area contributed by atoms with Crippen LogP contribution in [0.3, 0.4) is 0 Å². The molecule has 3 aromatic rings. The van der Waals surface area contributed by atoms with E-state index in [-0.39, 0.29) is 11.8 Å². The standard InChI is InChI=1S/C24H19ClN2O2/c1-15-7-9-16(10-8-15)20-14-21-19-13-18(25)11-12-22(19)29-24(27(21)26-20)23(28)17-5-3-2-4-6-17/h2-13,21,24H,14H2,1H3/t21-,24-/m1/s1. The molecule has 3 aromatic carbocycles. The van der Waals surface area contributed by atoms with Gasteiger partial charge in [-0.05, 0) is 30.7 Å². The first-order valence-corrected chi connectivity index (χ1v) is 9.96. The Morgan fingerprint density at radius 1 is 1.07 bits per heavy atom. The smallest absolute Gasteiger partial charge is 0.251 e. The molecule has 2 atom stereocenters. The molecule has 29 heavy (non-hydrogen) atoms. The molecule has 0 radical (unpaired) electrons. The Labute approximate surface area is 174 Å². The van der Waals surface area contributed by atoms with Crippen molar-refractivity contribution in [2.45, 2.75) is 25.6 Å². The molecule has 5 rings (SSSR count). The van der Waals surface area contributed by atoms with E-state index in [2.05, 4.69) is 31.2 Å². The van der Waals surface area contributed by atoms with Crippen molar-refractivity contribution in [3.63, 3.8) is 0 Å². The van der Waals surface area contributed by atoms with Gasteiger partial charge in [0.05, 0.1) is 11.8 Å². The molecule has 0 N–H and O–H groups in total. The lowest BCUT2D eigenvalue weighted by Gasteiger charge is -2.37. The number of carbonyl (C=O) groups excluding carboxylic acids is 1. The van der Waals surface area contributed by atoms with Gasteiger partial charge in [0.15, 0.2) is 0 Å². The van der Waals surface area contributed by atoms with Gasteiger partial charge in [-0.1, -0.05) is 71.8 Å². The van der Waals surface area contributed by atoms with E-state index in [1.807, 2.05) is 30.3 Å². The van der Waals surface area contributed by atoms with Crippen LogP contribution >= 0.6 is 11.6 Å². The maximum absolute atomic E-state index is 13.2. The normalized spacial score (nSPS) is 19.8. The zero-order valence-electron chi connectivity index (χ0n) is 15.9. The minimum Gasteiger partial charge on any atom is -0.461 e. The van der Waals surface area contributed by atoms with Gasteiger partial charge in [0.1, 0.15) is 5.75 Å². The number of rotatable bonds is 3. The number of fused-ring (bicyclic) bond motifs is 3. The lowest BCUT2D eigenvalue weighted by Crippen LogP contribution is -2.45. The highest BCUT2D eigenvalue weighted by atomic mass is 35.5. The lowest BCUT2D eigenvalue weighted by molar-refractivity contribution is -0.00455. The van der Waals surface area contributed by atoms with Crippen molar-refractivity contribution in [3.05, 3.63) is 100 Å². The van der Waals surface area contributed by atoms with Crippen molar-refractivity contribution in [1.82, 2.24) is 5.01 Å². The SMILES string of the molecule is Cc1ccc(C2=NN3[C@@H](C(=O)c4ccccc4)Oc4ccc(Cl)cc4[C@H]3C2)cc1. The van der Waals surface area contributed by atoms with Crippen LogP contribution < -0.4 is 4.74 Å². The molecule has 2 aliphatic rings. The number of hydrazone groups is 1. The van der Waals surface area contributed by atoms with E-state index in [1.54, 1.807) is 23.2 Å². The predicted octanol–water partition coefficient (Wildman–Crippen LogP) is 5.40. The second-order valence-corrected chi connectivity index (χ2v) is 7.83. The molecule has 0 saturated heterocycles. The molecule has 0 amide bonds. The summed E-state index contributed by atoms with van der Waals surface area (Å²) in [5.74, 6) is 0.579. The first-order chi connectivity index (χ1) is 14.1. The van der Waals surface area contributed by atoms with Crippen molar-refractivity contribution in [1.29, 1.82) is 0 Å². The third kappa shape index (κ3) is 3.19. The molecule has 0 fully saturated rings. The Morgan fingerprint density at radius 2 is 1.83 bits per heavy atom. The Hall–Kier alpha value is -3.11. The number of nitrogens with zero attached hydrogens (tertiary/aromatic N) is 2. The van der Waals surface area contributed by atoms with E-state index in [4.69, 9.17) is 21.4 Å². The topological polar surface area (TPSA) is 41.9 Å². The summed E-state index contributed by atoms with van der Waals surface area (Å²) >= 11 is 6.25. The molecule has 2 heterocycles. The second-order valence-electron chi connectivity index (χ2n) is 7.40. The number of ketones is 1. The third-order valence-electron chi connectivity index (χ3n) is 5.42. The van der Waals surface area contributed by atoms with Crippen molar-refractivity contribution in [3.8, 4) is 5.75 Å². The highest BCUT2D eigenvalue weighted by molar-refractivity contribution is 6.30. The summed E-state index contributed by atoms with van der Waals surface area (Å²) < 4.78 is 6.13. The summed E-state index contributed by atoms with van der Waals surface area (Å²) in [5.41, 5.74) is 4.76. The summed E-state index contributed by atoms with van der Waals surface area (Å²) in [4.78, 5) is 13.2. The van der Waals surface area contributed by atoms with Crippen LogP contribution in [0.5, 0.6) is 5.75 Å². The van der Waals surface area contributed by atoms with E-state index in [1.165, 1.54) is 5.56 Å². The molecule has 144 valence electrons. The van der Waals surface area contributed by atoms with Crippen LogP contribution in [0.2, 0.25) is 5.02 Å². The minimum atomic E-state index is -0.806. The largest absolute Gasteiger partial charge is 0.461 e. The quantitative estimate of drug-likeness (QED) is 0.551. The number of hydrogen-bond donors (Lipinski definition) is 0. The maximum atomic E-state index is 13.2. The zero-order valence-corrected chi connectivity index (χ0v) is 16.6. The monoisotopic (exact) mass is 402 g/mol. The number of carbonyl (C=O) groups is 1. The van der Waals surface area contributed by atoms with Crippen LogP contribution in [-0.2, 0) is 0 Å². The van der Waals surface area contributed by atoms with Gasteiger partial charge in [-0.3, -0.25) is 4.79 Å². The molecule has 0 spiro atoms. The first kappa shape index (κ1) is 18.0. The maximum Gasteiger partial charge on any atom is 0.251 e. The van der Waals surface area contributed by atoms with Gasteiger partial charge in [-0.25, -0.2) is 5.01 Å². The Balaban J connectivity index is 1.58. The zero-order chi connectivity index (χ0) is 20.0. The molecule has 0 aliphatic carbocycles. The highest BCUT2D eigenvalue weighted by Gasteiger charge is 2.43. The summed E-state index contributed by atoms with van der Waals surface area (Å²) in [5, 5.41) is 7.26. The van der Waals surface area contributed by atoms with E-state index < -0.39 is 6.23 Å². The number of halogens is 1. The van der Waals surface area contributed by atoms with Gasteiger partial charge < -0.3 is 4.74 Å². The van der Waals surface area contributed by atoms with Crippen molar-refractivity contribution < 1.29 is 9.53 Å². The average molecular weight is 403 g/mol. The summed E-state index contributed by atoms with van der Waals surface area (Å²) in [6, 6.07) is 22.9. The second kappa shape index (κ2) is 7.05. The molecule has 0 bridgehead atoms. The lowest BCUT2D eigenvalue weighted by atomic mass is 9.95. The fourth-order valence-corrected chi connectivity index (χ4v) is 4.08. The Bertz CT molecular complexity index is 1110. The van der Waals surface area contributed by atoms with Gasteiger partial charge >= 0.3 is 0 Å². The fourth-order valence-electron chi connectivity index (χ4n) is 3.90. The van der Waals surface area contributed by atoms with Gasteiger partial charge in [-0.2, -0.15) is 5.10 Å². The van der Waals surface area contributed by atoms with Crippen LogP contribution in [0.15, 0.2) is 77.9 Å². The van der Waals surface area contributed by atoms with Gasteiger partial charge in [-0.15, -0.1) is 0 Å². The first-order valence-electron chi connectivity index (χ1n) is 9.58. The molecular formula is C24H19ClN2O2. The number of ether oxygens (including phenoxy) is 1. The molecule has 0 aromatic heterocycles. The Kier molecular flexibility index (Phi) is 4.36. The predicted molar refractivity (Wildman–Crippen MR) is 114 cm³/mol. The van der Waals surface area contributed by atoms with E-state index in [9.17, 15) is 4.79 Å². The number of Topliss-reactive ketones (excluding diaryl/α,β-unsaturated/α-hetero) is 1. The van der Waals surface area contributed by atoms with Crippen molar-refractivity contribution in [2.24, 2.45) is 5.10 Å². The molecule has 0 saturated carbocycles. The summed E-state index contributed by atoms with van der Waals surface area (Å²) in [6.45, 7) is 2.06. The molecule has 5 heteroatoms. The van der Waals surface area contributed by atoms with Crippen molar-refractivity contribution >= 4 is 23.1 Å². The highest BCUT2D eigenvalue weighted by Crippen LogP contribution is 2.44.